The maximum atomic E-state index is 12.0. The average Bonchev–Trinajstić information content (AvgIpc) is 2.41. The lowest BCUT2D eigenvalue weighted by atomic mass is 9.97. The summed E-state index contributed by atoms with van der Waals surface area (Å²) < 4.78 is 5.22. The predicted octanol–water partition coefficient (Wildman–Crippen LogP) is 1.75. The first kappa shape index (κ1) is 18.7. The van der Waals surface area contributed by atoms with E-state index in [2.05, 4.69) is 10.6 Å². The lowest BCUT2D eigenvalue weighted by Crippen LogP contribution is -2.45. The average molecular weight is 313 g/mol. The molecule has 1 saturated heterocycles. The summed E-state index contributed by atoms with van der Waals surface area (Å²) >= 11 is 0. The number of carbonyl (C=O) groups is 2. The Balaban J connectivity index is 2.22. The van der Waals surface area contributed by atoms with Gasteiger partial charge in [0.25, 0.3) is 0 Å². The molecule has 128 valence electrons. The largest absolute Gasteiger partial charge is 0.444 e. The molecule has 0 radical (unpaired) electrons. The SMILES string of the molecule is CC(C)NCC(=O)N1CCC(CNC(=O)OC(C)(C)C)CC1. The number of amides is 2. The second-order valence-electron chi connectivity index (χ2n) is 7.24. The Morgan fingerprint density at radius 3 is 2.32 bits per heavy atom. The lowest BCUT2D eigenvalue weighted by Gasteiger charge is -2.32. The minimum Gasteiger partial charge on any atom is -0.444 e. The van der Waals surface area contributed by atoms with E-state index in [4.69, 9.17) is 4.74 Å². The molecule has 1 heterocycles. The van der Waals surface area contributed by atoms with E-state index >= 15 is 0 Å². The van der Waals surface area contributed by atoms with E-state index in [1.807, 2.05) is 39.5 Å². The van der Waals surface area contributed by atoms with Gasteiger partial charge in [0.1, 0.15) is 5.60 Å². The number of nitrogens with zero attached hydrogens (tertiary/aromatic N) is 1. The maximum absolute atomic E-state index is 12.0. The summed E-state index contributed by atoms with van der Waals surface area (Å²) in [4.78, 5) is 25.5. The van der Waals surface area contributed by atoms with Crippen LogP contribution in [0, 0.1) is 5.92 Å². The Labute approximate surface area is 134 Å². The molecule has 6 nitrogen and oxygen atoms in total. The van der Waals surface area contributed by atoms with Crippen molar-refractivity contribution >= 4 is 12.0 Å². The number of ether oxygens (including phenoxy) is 1. The summed E-state index contributed by atoms with van der Waals surface area (Å²) in [5.74, 6) is 0.571. The number of hydrogen-bond donors (Lipinski definition) is 2. The monoisotopic (exact) mass is 313 g/mol. The molecule has 0 unspecified atom stereocenters. The molecule has 0 aromatic rings. The van der Waals surface area contributed by atoms with Gasteiger partial charge < -0.3 is 20.3 Å². The van der Waals surface area contributed by atoms with Crippen LogP contribution in [0.25, 0.3) is 0 Å². The van der Waals surface area contributed by atoms with Crippen molar-refractivity contribution in [2.24, 2.45) is 5.92 Å². The molecule has 2 N–H and O–H groups in total. The normalized spacial score (nSPS) is 16.7. The molecule has 0 atom stereocenters. The first-order valence-corrected chi connectivity index (χ1v) is 8.15. The van der Waals surface area contributed by atoms with Crippen LogP contribution in [0.1, 0.15) is 47.5 Å². The smallest absolute Gasteiger partial charge is 0.407 e. The lowest BCUT2D eigenvalue weighted by molar-refractivity contribution is -0.131. The minimum atomic E-state index is -0.469. The Bertz CT molecular complexity index is 369. The van der Waals surface area contributed by atoms with Gasteiger partial charge in [-0.2, -0.15) is 0 Å². The molecule has 1 rings (SSSR count). The number of alkyl carbamates (subject to hydrolysis) is 1. The van der Waals surface area contributed by atoms with Crippen LogP contribution in [0.15, 0.2) is 0 Å². The molecule has 0 aromatic heterocycles. The zero-order chi connectivity index (χ0) is 16.8. The van der Waals surface area contributed by atoms with E-state index in [9.17, 15) is 9.59 Å². The first-order valence-electron chi connectivity index (χ1n) is 8.15. The molecule has 0 saturated carbocycles. The molecule has 0 aliphatic carbocycles. The zero-order valence-corrected chi connectivity index (χ0v) is 14.6. The van der Waals surface area contributed by atoms with Gasteiger partial charge >= 0.3 is 6.09 Å². The number of hydrogen-bond acceptors (Lipinski definition) is 4. The van der Waals surface area contributed by atoms with Gasteiger partial charge in [0.15, 0.2) is 0 Å². The predicted molar refractivity (Wildman–Crippen MR) is 86.7 cm³/mol. The highest BCUT2D eigenvalue weighted by atomic mass is 16.6. The molecule has 1 aliphatic rings. The summed E-state index contributed by atoms with van der Waals surface area (Å²) in [6.45, 7) is 12.1. The van der Waals surface area contributed by atoms with Crippen molar-refractivity contribution in [2.75, 3.05) is 26.2 Å². The molecule has 22 heavy (non-hydrogen) atoms. The van der Waals surface area contributed by atoms with Gasteiger partial charge in [-0.3, -0.25) is 4.79 Å². The Kier molecular flexibility index (Phi) is 7.13. The summed E-state index contributed by atoms with van der Waals surface area (Å²) in [5, 5.41) is 5.97. The summed E-state index contributed by atoms with van der Waals surface area (Å²) in [7, 11) is 0. The number of rotatable bonds is 5. The summed E-state index contributed by atoms with van der Waals surface area (Å²) in [6.07, 6.45) is 1.47. The molecular weight excluding hydrogens is 282 g/mol. The number of likely N-dealkylation sites (tertiary alicyclic amines) is 1. The molecule has 0 aromatic carbocycles. The van der Waals surface area contributed by atoms with Crippen LogP contribution in [-0.2, 0) is 9.53 Å². The van der Waals surface area contributed by atoms with Gasteiger partial charge in [-0.25, -0.2) is 4.79 Å². The van der Waals surface area contributed by atoms with Crippen molar-refractivity contribution in [1.82, 2.24) is 15.5 Å². The molecule has 6 heteroatoms. The van der Waals surface area contributed by atoms with Crippen LogP contribution in [0.3, 0.4) is 0 Å². The van der Waals surface area contributed by atoms with Gasteiger partial charge in [0, 0.05) is 25.7 Å². The van der Waals surface area contributed by atoms with E-state index in [0.717, 1.165) is 25.9 Å². The van der Waals surface area contributed by atoms with Crippen LogP contribution < -0.4 is 10.6 Å². The van der Waals surface area contributed by atoms with Crippen LogP contribution in [-0.4, -0.2) is 54.7 Å². The zero-order valence-electron chi connectivity index (χ0n) is 14.6. The fourth-order valence-electron chi connectivity index (χ4n) is 2.33. The summed E-state index contributed by atoms with van der Waals surface area (Å²) in [5.41, 5.74) is -0.469. The quantitative estimate of drug-likeness (QED) is 0.811. The van der Waals surface area contributed by atoms with Crippen LogP contribution in [0.5, 0.6) is 0 Å². The third-order valence-electron chi connectivity index (χ3n) is 3.56. The number of carbonyl (C=O) groups excluding carboxylic acids is 2. The molecular formula is C16H31N3O3. The highest BCUT2D eigenvalue weighted by molar-refractivity contribution is 5.78. The fraction of sp³-hybridized carbons (Fsp3) is 0.875. The van der Waals surface area contributed by atoms with E-state index in [1.165, 1.54) is 0 Å². The van der Waals surface area contributed by atoms with E-state index in [1.54, 1.807) is 0 Å². The summed E-state index contributed by atoms with van der Waals surface area (Å²) in [6, 6.07) is 0.319. The van der Waals surface area contributed by atoms with E-state index < -0.39 is 5.60 Å². The third kappa shape index (κ3) is 7.64. The second-order valence-corrected chi connectivity index (χ2v) is 7.24. The standard InChI is InChI=1S/C16H31N3O3/c1-12(2)17-11-14(20)19-8-6-13(7-9-19)10-18-15(21)22-16(3,4)5/h12-13,17H,6-11H2,1-5H3,(H,18,21). The van der Waals surface area contributed by atoms with Crippen molar-refractivity contribution in [3.8, 4) is 0 Å². The highest BCUT2D eigenvalue weighted by Crippen LogP contribution is 2.16. The highest BCUT2D eigenvalue weighted by Gasteiger charge is 2.23. The van der Waals surface area contributed by atoms with Crippen LogP contribution >= 0.6 is 0 Å². The van der Waals surface area contributed by atoms with E-state index in [-0.39, 0.29) is 12.0 Å². The maximum Gasteiger partial charge on any atom is 0.407 e. The number of piperidine rings is 1. The van der Waals surface area contributed by atoms with Crippen molar-refractivity contribution < 1.29 is 14.3 Å². The third-order valence-corrected chi connectivity index (χ3v) is 3.56. The number of nitrogens with one attached hydrogen (secondary N) is 2. The van der Waals surface area contributed by atoms with Gasteiger partial charge in [0.2, 0.25) is 5.91 Å². The van der Waals surface area contributed by atoms with Crippen molar-refractivity contribution in [1.29, 1.82) is 0 Å². The Morgan fingerprint density at radius 2 is 1.82 bits per heavy atom. The van der Waals surface area contributed by atoms with Gasteiger partial charge in [-0.1, -0.05) is 13.8 Å². The Hall–Kier alpha value is -1.30. The Morgan fingerprint density at radius 1 is 1.23 bits per heavy atom. The fourth-order valence-corrected chi connectivity index (χ4v) is 2.33. The molecule has 0 spiro atoms. The molecule has 1 fully saturated rings. The van der Waals surface area contributed by atoms with Crippen LogP contribution in [0.2, 0.25) is 0 Å². The van der Waals surface area contributed by atoms with Crippen molar-refractivity contribution in [2.45, 2.75) is 59.1 Å². The molecule has 2 amide bonds. The molecule has 1 aliphatic heterocycles. The van der Waals surface area contributed by atoms with Gasteiger partial charge in [-0.15, -0.1) is 0 Å². The first-order chi connectivity index (χ1) is 10.2. The van der Waals surface area contributed by atoms with Crippen molar-refractivity contribution in [3.05, 3.63) is 0 Å². The van der Waals surface area contributed by atoms with Gasteiger partial charge in [-0.05, 0) is 39.5 Å². The minimum absolute atomic E-state index is 0.159. The van der Waals surface area contributed by atoms with Crippen LogP contribution in [0.4, 0.5) is 4.79 Å². The topological polar surface area (TPSA) is 70.7 Å². The van der Waals surface area contributed by atoms with Gasteiger partial charge in [0.05, 0.1) is 6.54 Å². The molecule has 0 bridgehead atoms. The van der Waals surface area contributed by atoms with E-state index in [0.29, 0.717) is 25.0 Å². The second kappa shape index (κ2) is 8.36. The van der Waals surface area contributed by atoms with Crippen molar-refractivity contribution in [3.63, 3.8) is 0 Å².